The lowest BCUT2D eigenvalue weighted by molar-refractivity contribution is 1.02. The van der Waals surface area contributed by atoms with E-state index in [0.29, 0.717) is 0 Å². The number of rotatable bonds is 1. The number of nitrogens with one attached hydrogen (secondary N) is 1. The van der Waals surface area contributed by atoms with Crippen molar-refractivity contribution in [2.45, 2.75) is 0 Å². The molecule has 0 fully saturated rings. The highest BCUT2D eigenvalue weighted by Gasteiger charge is 1.75. The largest absolute Gasteiger partial charge is 0.323 e. The molecule has 0 saturated carbocycles. The Morgan fingerprint density at radius 3 is 1.83 bits per heavy atom. The Kier molecular flexibility index (Phi) is 11.7. The first-order chi connectivity index (χ1) is 5.35. The van der Waals surface area contributed by atoms with Crippen molar-refractivity contribution in [2.24, 2.45) is 0 Å². The quantitative estimate of drug-likeness (QED) is 0.710. The van der Waals surface area contributed by atoms with Crippen LogP contribution in [0.1, 0.15) is 5.56 Å². The van der Waals surface area contributed by atoms with Crippen molar-refractivity contribution in [2.75, 3.05) is 14.1 Å². The molecular weight excluding hydrogens is 170 g/mol. The summed E-state index contributed by atoms with van der Waals surface area (Å²) >= 11 is 0. The van der Waals surface area contributed by atoms with E-state index in [9.17, 15) is 0 Å². The Balaban J connectivity index is 0. The highest BCUT2D eigenvalue weighted by Crippen LogP contribution is 1.97. The molecule has 12 heavy (non-hydrogen) atoms. The van der Waals surface area contributed by atoms with Crippen LogP contribution >= 0.6 is 12.4 Å². The first-order valence-corrected chi connectivity index (χ1v) is 3.61. The summed E-state index contributed by atoms with van der Waals surface area (Å²) in [5.41, 5.74) is 1.17. The lowest BCUT2D eigenvalue weighted by Gasteiger charge is -1.85. The average molecular weight is 186 g/mol. The van der Waals surface area contributed by atoms with Gasteiger partial charge in [-0.15, -0.1) is 12.4 Å². The van der Waals surface area contributed by atoms with Gasteiger partial charge < -0.3 is 5.32 Å². The summed E-state index contributed by atoms with van der Waals surface area (Å²) in [7, 11) is 3.75. The van der Waals surface area contributed by atoms with Gasteiger partial charge in [0, 0.05) is 0 Å². The third-order valence-electron chi connectivity index (χ3n) is 1.04. The fraction of sp³-hybridized carbons (Fsp3) is 0.200. The minimum atomic E-state index is 0. The van der Waals surface area contributed by atoms with Crippen LogP contribution in [0.4, 0.5) is 0 Å². The van der Waals surface area contributed by atoms with Gasteiger partial charge in [0.05, 0.1) is 0 Å². The molecule has 0 aliphatic carbocycles. The molecule has 1 nitrogen and oxygen atoms in total. The van der Waals surface area contributed by atoms with E-state index >= 15 is 0 Å². The molecule has 1 rings (SSSR count). The average Bonchev–Trinajstić information content (AvgIpc) is 2.08. The number of hydrogen-bond donors (Lipinski definition) is 1. The van der Waals surface area contributed by atoms with E-state index in [4.69, 9.17) is 0 Å². The molecule has 68 valence electrons. The van der Waals surface area contributed by atoms with Crippen LogP contribution in [-0.2, 0) is 0 Å². The summed E-state index contributed by atoms with van der Waals surface area (Å²) in [6, 6.07) is 10.0. The second-order valence-corrected chi connectivity index (χ2v) is 2.11. The van der Waals surface area contributed by atoms with Crippen LogP contribution in [0.25, 0.3) is 6.08 Å². The zero-order valence-electron chi connectivity index (χ0n) is 7.58. The van der Waals surface area contributed by atoms with Gasteiger partial charge in [-0.1, -0.05) is 43.0 Å². The van der Waals surface area contributed by atoms with Crippen molar-refractivity contribution in [3.63, 3.8) is 0 Å². The van der Waals surface area contributed by atoms with Crippen molar-refractivity contribution in [3.05, 3.63) is 42.5 Å². The summed E-state index contributed by atoms with van der Waals surface area (Å²) in [6.45, 7) is 3.63. The predicted octanol–water partition coefficient (Wildman–Crippen LogP) is 2.59. The summed E-state index contributed by atoms with van der Waals surface area (Å²) < 4.78 is 0. The lowest BCUT2D eigenvalue weighted by Crippen LogP contribution is -1.89. The molecule has 0 unspecified atom stereocenters. The van der Waals surface area contributed by atoms with E-state index in [1.54, 1.807) is 0 Å². The summed E-state index contributed by atoms with van der Waals surface area (Å²) in [5.74, 6) is 0. The van der Waals surface area contributed by atoms with Crippen molar-refractivity contribution in [1.82, 2.24) is 5.32 Å². The van der Waals surface area contributed by atoms with Crippen molar-refractivity contribution in [3.8, 4) is 0 Å². The topological polar surface area (TPSA) is 12.0 Å². The van der Waals surface area contributed by atoms with Crippen LogP contribution in [0.5, 0.6) is 0 Å². The van der Waals surface area contributed by atoms with Crippen LogP contribution < -0.4 is 5.32 Å². The third-order valence-corrected chi connectivity index (χ3v) is 1.04. The molecular formula is C10H16ClN. The zero-order valence-corrected chi connectivity index (χ0v) is 8.40. The standard InChI is InChI=1S/C8H8.C2H7N.ClH/c1-2-8-6-4-3-5-7-8;1-3-2;/h2-7H,1H2;3H,1-2H3;1H. The number of halogens is 1. The molecule has 0 saturated heterocycles. The van der Waals surface area contributed by atoms with E-state index in [-0.39, 0.29) is 12.4 Å². The second kappa shape index (κ2) is 10.2. The van der Waals surface area contributed by atoms with Crippen molar-refractivity contribution in [1.29, 1.82) is 0 Å². The van der Waals surface area contributed by atoms with Gasteiger partial charge in [-0.25, -0.2) is 0 Å². The Hall–Kier alpha value is -0.790. The number of benzene rings is 1. The van der Waals surface area contributed by atoms with Crippen LogP contribution in [0.3, 0.4) is 0 Å². The highest BCUT2D eigenvalue weighted by molar-refractivity contribution is 5.85. The van der Waals surface area contributed by atoms with E-state index < -0.39 is 0 Å². The lowest BCUT2D eigenvalue weighted by atomic mass is 10.2. The van der Waals surface area contributed by atoms with E-state index in [2.05, 4.69) is 11.9 Å². The third kappa shape index (κ3) is 7.32. The first-order valence-electron chi connectivity index (χ1n) is 3.61. The monoisotopic (exact) mass is 185 g/mol. The van der Waals surface area contributed by atoms with Gasteiger partial charge in [0.1, 0.15) is 0 Å². The van der Waals surface area contributed by atoms with Gasteiger partial charge in [-0.05, 0) is 19.7 Å². The Labute approximate surface area is 80.9 Å². The molecule has 0 atom stereocenters. The zero-order chi connectivity index (χ0) is 8.53. The molecule has 0 amide bonds. The van der Waals surface area contributed by atoms with E-state index in [0.717, 1.165) is 0 Å². The maximum Gasteiger partial charge on any atom is -0.0167 e. The smallest absolute Gasteiger partial charge is 0.0167 e. The first kappa shape index (κ1) is 13.8. The van der Waals surface area contributed by atoms with E-state index in [1.807, 2.05) is 50.5 Å². The van der Waals surface area contributed by atoms with Crippen molar-refractivity contribution >= 4 is 18.5 Å². The minimum absolute atomic E-state index is 0. The molecule has 0 bridgehead atoms. The molecule has 1 aromatic rings. The molecule has 0 aliphatic rings. The second-order valence-electron chi connectivity index (χ2n) is 2.11. The van der Waals surface area contributed by atoms with Gasteiger partial charge in [-0.2, -0.15) is 0 Å². The minimum Gasteiger partial charge on any atom is -0.323 e. The normalized spacial score (nSPS) is 7.17. The van der Waals surface area contributed by atoms with Gasteiger partial charge in [-0.3, -0.25) is 0 Å². The van der Waals surface area contributed by atoms with Crippen molar-refractivity contribution < 1.29 is 0 Å². The predicted molar refractivity (Wildman–Crippen MR) is 58.8 cm³/mol. The maximum atomic E-state index is 3.63. The fourth-order valence-electron chi connectivity index (χ4n) is 0.589. The Morgan fingerprint density at radius 2 is 1.58 bits per heavy atom. The van der Waals surface area contributed by atoms with Crippen LogP contribution in [-0.4, -0.2) is 14.1 Å². The maximum absolute atomic E-state index is 3.63. The molecule has 0 heterocycles. The van der Waals surface area contributed by atoms with Gasteiger partial charge in [0.15, 0.2) is 0 Å². The molecule has 0 aromatic heterocycles. The van der Waals surface area contributed by atoms with Crippen LogP contribution in [0.15, 0.2) is 36.9 Å². The van der Waals surface area contributed by atoms with Crippen LogP contribution in [0.2, 0.25) is 0 Å². The fourth-order valence-corrected chi connectivity index (χ4v) is 0.589. The molecule has 1 N–H and O–H groups in total. The summed E-state index contributed by atoms with van der Waals surface area (Å²) in [6.07, 6.45) is 1.83. The SMILES string of the molecule is C=Cc1ccccc1.CNC.Cl. The molecule has 0 radical (unpaired) electrons. The van der Waals surface area contributed by atoms with Gasteiger partial charge in [0.25, 0.3) is 0 Å². The Morgan fingerprint density at radius 1 is 1.17 bits per heavy atom. The molecule has 1 aromatic carbocycles. The molecule has 2 heteroatoms. The van der Waals surface area contributed by atoms with Gasteiger partial charge >= 0.3 is 0 Å². The van der Waals surface area contributed by atoms with E-state index in [1.165, 1.54) is 5.56 Å². The molecule has 0 aliphatic heterocycles. The van der Waals surface area contributed by atoms with Gasteiger partial charge in [0.2, 0.25) is 0 Å². The van der Waals surface area contributed by atoms with Crippen LogP contribution in [0, 0.1) is 0 Å². The Bertz CT molecular complexity index is 184. The number of hydrogen-bond acceptors (Lipinski definition) is 1. The summed E-state index contributed by atoms with van der Waals surface area (Å²) in [4.78, 5) is 0. The molecule has 0 spiro atoms. The highest BCUT2D eigenvalue weighted by atomic mass is 35.5. The summed E-state index contributed by atoms with van der Waals surface area (Å²) in [5, 5.41) is 2.75.